The summed E-state index contributed by atoms with van der Waals surface area (Å²) in [6, 6.07) is 24.7. The first kappa shape index (κ1) is 19.1. The average Bonchev–Trinajstić information content (AvgIpc) is 3.16. The Morgan fingerprint density at radius 3 is 2.48 bits per heavy atom. The van der Waals surface area contributed by atoms with E-state index in [1.807, 2.05) is 78.9 Å². The highest BCUT2D eigenvalue weighted by Gasteiger charge is 2.41. The topological polar surface area (TPSA) is 64.5 Å². The molecule has 3 aromatic carbocycles. The third-order valence-corrected chi connectivity index (χ3v) is 5.94. The van der Waals surface area contributed by atoms with E-state index in [0.717, 1.165) is 33.4 Å². The Kier molecular flexibility index (Phi) is 4.55. The Morgan fingerprint density at radius 2 is 1.71 bits per heavy atom. The number of aryl methyl sites for hydroxylation is 1. The highest BCUT2D eigenvalue weighted by Crippen LogP contribution is 2.41. The third kappa shape index (κ3) is 2.91. The molecule has 154 valence electrons. The number of aromatic nitrogens is 2. The molecule has 6 nitrogen and oxygen atoms in total. The Morgan fingerprint density at radius 1 is 1.03 bits per heavy atom. The predicted molar refractivity (Wildman–Crippen MR) is 118 cm³/mol. The molecular weight excluding hydrogens is 388 g/mol. The van der Waals surface area contributed by atoms with Gasteiger partial charge >= 0.3 is 5.69 Å². The Labute approximate surface area is 180 Å². The van der Waals surface area contributed by atoms with Crippen LogP contribution in [0.5, 0.6) is 0 Å². The summed E-state index contributed by atoms with van der Waals surface area (Å²) >= 11 is 0. The highest BCUT2D eigenvalue weighted by atomic mass is 16.3. The summed E-state index contributed by atoms with van der Waals surface area (Å²) in [6.45, 7) is 0.388. The van der Waals surface area contributed by atoms with Crippen molar-refractivity contribution in [1.82, 2.24) is 9.47 Å². The quantitative estimate of drug-likeness (QED) is 0.295. The maximum atomic E-state index is 13.4. The van der Waals surface area contributed by atoms with Gasteiger partial charge in [0.1, 0.15) is 17.2 Å². The molecular formula is C25H22N4O2. The van der Waals surface area contributed by atoms with Crippen molar-refractivity contribution in [1.29, 1.82) is 0 Å². The van der Waals surface area contributed by atoms with Gasteiger partial charge in [0.15, 0.2) is 5.69 Å². The second-order valence-corrected chi connectivity index (χ2v) is 7.66. The van der Waals surface area contributed by atoms with Crippen LogP contribution in [0.3, 0.4) is 0 Å². The molecule has 31 heavy (non-hydrogen) atoms. The van der Waals surface area contributed by atoms with Crippen molar-refractivity contribution in [3.8, 4) is 5.69 Å². The van der Waals surface area contributed by atoms with E-state index in [9.17, 15) is 9.90 Å². The molecule has 0 N–H and O–H groups in total. The monoisotopic (exact) mass is 410 g/mol. The fourth-order valence-electron chi connectivity index (χ4n) is 4.52. The molecule has 1 aliphatic rings. The van der Waals surface area contributed by atoms with Crippen molar-refractivity contribution in [2.75, 3.05) is 7.05 Å². The molecule has 0 fully saturated rings. The van der Waals surface area contributed by atoms with Crippen molar-refractivity contribution in [2.45, 2.75) is 12.6 Å². The zero-order valence-electron chi connectivity index (χ0n) is 17.4. The zero-order chi connectivity index (χ0) is 21.5. The number of aliphatic imine (C=N–C) groups is 1. The average molecular weight is 410 g/mol. The van der Waals surface area contributed by atoms with Gasteiger partial charge < -0.3 is 10.0 Å². The Bertz CT molecular complexity index is 1380. The van der Waals surface area contributed by atoms with Crippen molar-refractivity contribution in [3.05, 3.63) is 106 Å². The molecule has 0 spiro atoms. The van der Waals surface area contributed by atoms with Crippen LogP contribution in [-0.4, -0.2) is 22.5 Å². The van der Waals surface area contributed by atoms with Crippen LogP contribution in [0.1, 0.15) is 22.9 Å². The molecule has 0 bridgehead atoms. The van der Waals surface area contributed by atoms with Crippen LogP contribution in [0.2, 0.25) is 0 Å². The minimum absolute atomic E-state index is 0.135. The smallest absolute Gasteiger partial charge is 0.503 e. The van der Waals surface area contributed by atoms with E-state index in [0.29, 0.717) is 6.54 Å². The minimum Gasteiger partial charge on any atom is -0.846 e. The summed E-state index contributed by atoms with van der Waals surface area (Å²) in [5.41, 5.74) is 4.22. The lowest BCUT2D eigenvalue weighted by Gasteiger charge is -2.34. The molecule has 1 aromatic heterocycles. The fraction of sp³-hybridized carbons (Fsp3) is 0.160. The number of rotatable bonds is 3. The number of hydrogen-bond donors (Lipinski definition) is 0. The Hall–Kier alpha value is -3.93. The van der Waals surface area contributed by atoms with Gasteiger partial charge in [0.25, 0.3) is 0 Å². The van der Waals surface area contributed by atoms with Crippen molar-refractivity contribution in [2.24, 2.45) is 12.0 Å². The molecule has 1 atom stereocenters. The van der Waals surface area contributed by atoms with E-state index < -0.39 is 6.04 Å². The number of fused-ring (bicyclic) bond motifs is 5. The van der Waals surface area contributed by atoms with E-state index in [1.54, 1.807) is 21.1 Å². The standard InChI is InChI=1S/C25H22N4O2/c1-26-24(30)28(16-17-10-4-3-5-11-17)22-19-13-7-9-15-21(19)29-23(22)18-12-6-8-14-20(18)27(2)25(29)31/h3-15,22H,16H2,1-2H3. The summed E-state index contributed by atoms with van der Waals surface area (Å²) in [5, 5.41) is 14.0. The summed E-state index contributed by atoms with van der Waals surface area (Å²) in [5.74, 6) is 0. The largest absolute Gasteiger partial charge is 0.846 e. The highest BCUT2D eigenvalue weighted by molar-refractivity contribution is 5.83. The van der Waals surface area contributed by atoms with Gasteiger partial charge in [-0.2, -0.15) is 13.9 Å². The molecule has 2 heterocycles. The lowest BCUT2D eigenvalue weighted by molar-refractivity contribution is -0.664. The summed E-state index contributed by atoms with van der Waals surface area (Å²) in [7, 11) is 3.29. The summed E-state index contributed by atoms with van der Waals surface area (Å²) in [4.78, 5) is 19.1. The van der Waals surface area contributed by atoms with Gasteiger partial charge in [-0.05, 0) is 23.8 Å². The van der Waals surface area contributed by atoms with Crippen molar-refractivity contribution >= 4 is 16.9 Å². The molecule has 0 saturated carbocycles. The molecule has 0 saturated heterocycles. The van der Waals surface area contributed by atoms with Crippen LogP contribution < -0.4 is 15.4 Å². The molecule has 0 radical (unpaired) electrons. The van der Waals surface area contributed by atoms with Gasteiger partial charge in [-0.1, -0.05) is 60.7 Å². The minimum atomic E-state index is -0.425. The molecule has 1 unspecified atom stereocenters. The number of benzene rings is 3. The lowest BCUT2D eigenvalue weighted by atomic mass is 10.0. The number of nitrogens with zero attached hydrogens (tertiary/aromatic N) is 4. The molecule has 5 rings (SSSR count). The van der Waals surface area contributed by atoms with Gasteiger partial charge in [0, 0.05) is 19.2 Å². The van der Waals surface area contributed by atoms with Crippen LogP contribution in [0.4, 0.5) is 0 Å². The molecule has 0 amide bonds. The van der Waals surface area contributed by atoms with Gasteiger partial charge in [0.2, 0.25) is 0 Å². The first-order chi connectivity index (χ1) is 15.1. The predicted octanol–water partition coefficient (Wildman–Crippen LogP) is 2.07. The van der Waals surface area contributed by atoms with Gasteiger partial charge in [-0.25, -0.2) is 0 Å². The molecule has 0 aliphatic carbocycles. The number of para-hydroxylation sites is 2. The van der Waals surface area contributed by atoms with Crippen LogP contribution in [-0.2, 0) is 13.6 Å². The van der Waals surface area contributed by atoms with E-state index in [-0.39, 0.29) is 11.7 Å². The maximum absolute atomic E-state index is 13.4. The fourth-order valence-corrected chi connectivity index (χ4v) is 4.52. The normalized spacial score (nSPS) is 15.0. The summed E-state index contributed by atoms with van der Waals surface area (Å²) in [6.07, 6.45) is 0. The van der Waals surface area contributed by atoms with Crippen molar-refractivity contribution < 1.29 is 9.67 Å². The number of hydrogen-bond acceptors (Lipinski definition) is 3. The first-order valence-electron chi connectivity index (χ1n) is 10.2. The number of amidine groups is 1. The van der Waals surface area contributed by atoms with E-state index in [1.165, 1.54) is 7.05 Å². The van der Waals surface area contributed by atoms with Crippen LogP contribution >= 0.6 is 0 Å². The van der Waals surface area contributed by atoms with Crippen LogP contribution in [0.25, 0.3) is 16.6 Å². The maximum Gasteiger partial charge on any atom is 0.503 e. The second-order valence-electron chi connectivity index (χ2n) is 7.66. The van der Waals surface area contributed by atoms with Gasteiger partial charge in [-0.3, -0.25) is 4.99 Å². The van der Waals surface area contributed by atoms with Crippen molar-refractivity contribution in [3.63, 3.8) is 0 Å². The molecule has 6 heteroatoms. The van der Waals surface area contributed by atoms with E-state index in [2.05, 4.69) is 4.99 Å². The molecule has 4 aromatic rings. The van der Waals surface area contributed by atoms with Gasteiger partial charge in [0.05, 0.1) is 18.5 Å². The van der Waals surface area contributed by atoms with E-state index >= 15 is 0 Å². The second kappa shape index (κ2) is 7.40. The van der Waals surface area contributed by atoms with Gasteiger partial charge in [-0.15, -0.1) is 0 Å². The molecule has 1 aliphatic heterocycles. The van der Waals surface area contributed by atoms with E-state index in [4.69, 9.17) is 0 Å². The van der Waals surface area contributed by atoms with Crippen LogP contribution in [0.15, 0.2) is 88.6 Å². The third-order valence-electron chi connectivity index (χ3n) is 5.94. The summed E-state index contributed by atoms with van der Waals surface area (Å²) < 4.78 is 3.40. The Balaban J connectivity index is 1.83. The lowest BCUT2D eigenvalue weighted by Crippen LogP contribution is -2.52. The SMILES string of the molecule is CN=C([O-])N(Cc1ccccc1)C1c2ccccc2-n2c1c1ccccc1[n+](C)c2=O. The van der Waals surface area contributed by atoms with Crippen LogP contribution in [0, 0.1) is 0 Å². The zero-order valence-corrected chi connectivity index (χ0v) is 17.4. The first-order valence-corrected chi connectivity index (χ1v) is 10.2.